The summed E-state index contributed by atoms with van der Waals surface area (Å²) >= 11 is 5.88. The summed E-state index contributed by atoms with van der Waals surface area (Å²) in [4.78, 5) is 0. The van der Waals surface area contributed by atoms with Gasteiger partial charge in [-0.1, -0.05) is 35.9 Å². The van der Waals surface area contributed by atoms with Gasteiger partial charge in [-0.25, -0.2) is 0 Å². The zero-order chi connectivity index (χ0) is 14.8. The SMILES string of the molecule is Cc1ccc(CCl)c(-c2ccc(OC(F)(F)F)cc2)c1. The third-order valence-corrected chi connectivity index (χ3v) is 3.10. The number of benzene rings is 2. The molecule has 2 rings (SSSR count). The second-order valence-corrected chi connectivity index (χ2v) is 4.63. The Kier molecular flexibility index (Phi) is 4.23. The molecular weight excluding hydrogens is 289 g/mol. The van der Waals surface area contributed by atoms with Crippen LogP contribution in [-0.2, 0) is 5.88 Å². The molecule has 0 N–H and O–H groups in total. The first-order valence-electron chi connectivity index (χ1n) is 5.91. The molecule has 0 heterocycles. The van der Waals surface area contributed by atoms with Gasteiger partial charge in [-0.05, 0) is 35.7 Å². The molecule has 2 aromatic rings. The Morgan fingerprint density at radius 3 is 2.25 bits per heavy atom. The van der Waals surface area contributed by atoms with Gasteiger partial charge in [0.1, 0.15) is 5.75 Å². The Bertz CT molecular complexity index is 591. The molecule has 0 unspecified atom stereocenters. The summed E-state index contributed by atoms with van der Waals surface area (Å²) in [5.41, 5.74) is 3.71. The van der Waals surface area contributed by atoms with Crippen LogP contribution in [0, 0.1) is 6.92 Å². The lowest BCUT2D eigenvalue weighted by atomic mass is 9.98. The van der Waals surface area contributed by atoms with Gasteiger partial charge in [0.2, 0.25) is 0 Å². The van der Waals surface area contributed by atoms with Crippen LogP contribution in [0.2, 0.25) is 0 Å². The van der Waals surface area contributed by atoms with E-state index in [2.05, 4.69) is 4.74 Å². The third-order valence-electron chi connectivity index (χ3n) is 2.81. The largest absolute Gasteiger partial charge is 0.573 e. The number of aryl methyl sites for hydroxylation is 1. The van der Waals surface area contributed by atoms with E-state index >= 15 is 0 Å². The molecule has 106 valence electrons. The number of hydrogen-bond donors (Lipinski definition) is 0. The van der Waals surface area contributed by atoms with Crippen molar-refractivity contribution in [1.82, 2.24) is 0 Å². The fourth-order valence-corrected chi connectivity index (χ4v) is 2.14. The molecule has 20 heavy (non-hydrogen) atoms. The molecule has 0 aliphatic rings. The van der Waals surface area contributed by atoms with E-state index in [1.807, 2.05) is 25.1 Å². The topological polar surface area (TPSA) is 9.23 Å². The van der Waals surface area contributed by atoms with Crippen molar-refractivity contribution in [3.8, 4) is 16.9 Å². The first kappa shape index (κ1) is 14.7. The zero-order valence-electron chi connectivity index (χ0n) is 10.7. The Morgan fingerprint density at radius 2 is 1.70 bits per heavy atom. The smallest absolute Gasteiger partial charge is 0.406 e. The van der Waals surface area contributed by atoms with E-state index in [1.165, 1.54) is 12.1 Å². The highest BCUT2D eigenvalue weighted by Crippen LogP contribution is 2.29. The Balaban J connectivity index is 2.33. The van der Waals surface area contributed by atoms with E-state index < -0.39 is 6.36 Å². The van der Waals surface area contributed by atoms with Crippen LogP contribution < -0.4 is 4.74 Å². The molecule has 0 aliphatic heterocycles. The quantitative estimate of drug-likeness (QED) is 0.699. The maximum atomic E-state index is 12.1. The summed E-state index contributed by atoms with van der Waals surface area (Å²) in [6.07, 6.45) is -4.67. The summed E-state index contributed by atoms with van der Waals surface area (Å²) in [6, 6.07) is 11.6. The summed E-state index contributed by atoms with van der Waals surface area (Å²) in [7, 11) is 0. The monoisotopic (exact) mass is 300 g/mol. The molecule has 0 saturated heterocycles. The van der Waals surface area contributed by atoms with Gasteiger partial charge in [0, 0.05) is 5.88 Å². The van der Waals surface area contributed by atoms with Gasteiger partial charge in [0.05, 0.1) is 0 Å². The normalized spacial score (nSPS) is 11.4. The van der Waals surface area contributed by atoms with E-state index in [-0.39, 0.29) is 5.75 Å². The minimum atomic E-state index is -4.67. The lowest BCUT2D eigenvalue weighted by Gasteiger charge is -2.11. The second-order valence-electron chi connectivity index (χ2n) is 4.37. The van der Waals surface area contributed by atoms with Crippen molar-refractivity contribution < 1.29 is 17.9 Å². The van der Waals surface area contributed by atoms with Crippen molar-refractivity contribution in [2.24, 2.45) is 0 Å². The van der Waals surface area contributed by atoms with E-state index in [9.17, 15) is 13.2 Å². The predicted octanol–water partition coefficient (Wildman–Crippen LogP) is 5.30. The molecule has 5 heteroatoms. The van der Waals surface area contributed by atoms with E-state index in [4.69, 9.17) is 11.6 Å². The molecule has 0 spiro atoms. The average Bonchev–Trinajstić information content (AvgIpc) is 2.38. The zero-order valence-corrected chi connectivity index (χ0v) is 11.4. The molecule has 0 saturated carbocycles. The minimum absolute atomic E-state index is 0.235. The molecule has 0 bridgehead atoms. The van der Waals surface area contributed by atoms with Gasteiger partial charge in [0.15, 0.2) is 0 Å². The number of ether oxygens (including phenoxy) is 1. The summed E-state index contributed by atoms with van der Waals surface area (Å²) in [5, 5.41) is 0. The van der Waals surface area contributed by atoms with Crippen LogP contribution in [0.4, 0.5) is 13.2 Å². The maximum Gasteiger partial charge on any atom is 0.573 e. The molecule has 0 fully saturated rings. The van der Waals surface area contributed by atoms with Gasteiger partial charge < -0.3 is 4.74 Å². The fourth-order valence-electron chi connectivity index (χ4n) is 1.91. The molecule has 0 aromatic heterocycles. The van der Waals surface area contributed by atoms with Crippen LogP contribution in [0.15, 0.2) is 42.5 Å². The van der Waals surface area contributed by atoms with Gasteiger partial charge >= 0.3 is 6.36 Å². The molecule has 2 aromatic carbocycles. The second kappa shape index (κ2) is 5.75. The average molecular weight is 301 g/mol. The van der Waals surface area contributed by atoms with Crippen molar-refractivity contribution in [3.05, 3.63) is 53.6 Å². The van der Waals surface area contributed by atoms with Gasteiger partial charge in [-0.15, -0.1) is 24.8 Å². The van der Waals surface area contributed by atoms with Crippen molar-refractivity contribution in [2.45, 2.75) is 19.2 Å². The molecule has 0 atom stereocenters. The van der Waals surface area contributed by atoms with Crippen molar-refractivity contribution in [1.29, 1.82) is 0 Å². The fraction of sp³-hybridized carbons (Fsp3) is 0.200. The van der Waals surface area contributed by atoms with E-state index in [1.54, 1.807) is 12.1 Å². The Morgan fingerprint density at radius 1 is 1.05 bits per heavy atom. The van der Waals surface area contributed by atoms with Crippen LogP contribution in [0.25, 0.3) is 11.1 Å². The Hall–Kier alpha value is -1.68. The number of halogens is 4. The van der Waals surface area contributed by atoms with Crippen molar-refractivity contribution in [3.63, 3.8) is 0 Å². The van der Waals surface area contributed by atoms with Crippen molar-refractivity contribution >= 4 is 11.6 Å². The molecular formula is C15H12ClF3O. The highest BCUT2D eigenvalue weighted by Gasteiger charge is 2.30. The lowest BCUT2D eigenvalue weighted by Crippen LogP contribution is -2.16. The van der Waals surface area contributed by atoms with E-state index in [0.29, 0.717) is 5.88 Å². The van der Waals surface area contributed by atoms with Crippen LogP contribution in [0.5, 0.6) is 5.75 Å². The molecule has 1 nitrogen and oxygen atoms in total. The lowest BCUT2D eigenvalue weighted by molar-refractivity contribution is -0.274. The highest BCUT2D eigenvalue weighted by molar-refractivity contribution is 6.17. The number of alkyl halides is 4. The van der Waals surface area contributed by atoms with E-state index in [0.717, 1.165) is 22.3 Å². The molecule has 0 amide bonds. The molecule has 0 aliphatic carbocycles. The van der Waals surface area contributed by atoms with Gasteiger partial charge in [-0.2, -0.15) is 0 Å². The van der Waals surface area contributed by atoms with Crippen LogP contribution in [0.1, 0.15) is 11.1 Å². The number of rotatable bonds is 3. The third kappa shape index (κ3) is 3.67. The Labute approximate surface area is 119 Å². The summed E-state index contributed by atoms with van der Waals surface area (Å²) in [6.45, 7) is 1.95. The van der Waals surface area contributed by atoms with Gasteiger partial charge in [-0.3, -0.25) is 0 Å². The van der Waals surface area contributed by atoms with Crippen LogP contribution >= 0.6 is 11.6 Å². The van der Waals surface area contributed by atoms with Crippen LogP contribution in [-0.4, -0.2) is 6.36 Å². The van der Waals surface area contributed by atoms with Crippen LogP contribution in [0.3, 0.4) is 0 Å². The molecule has 0 radical (unpaired) electrons. The van der Waals surface area contributed by atoms with Crippen molar-refractivity contribution in [2.75, 3.05) is 0 Å². The van der Waals surface area contributed by atoms with Gasteiger partial charge in [0.25, 0.3) is 0 Å². The summed E-state index contributed by atoms with van der Waals surface area (Å²) in [5.74, 6) is 0.109. The number of hydrogen-bond acceptors (Lipinski definition) is 1. The maximum absolute atomic E-state index is 12.1. The minimum Gasteiger partial charge on any atom is -0.406 e. The predicted molar refractivity (Wildman–Crippen MR) is 72.9 cm³/mol. The summed E-state index contributed by atoms with van der Waals surface area (Å²) < 4.78 is 40.1. The first-order chi connectivity index (χ1) is 9.39. The first-order valence-corrected chi connectivity index (χ1v) is 6.44. The standard InChI is InChI=1S/C15H12ClF3O/c1-10-2-3-12(9-16)14(8-10)11-4-6-13(7-5-11)20-15(17,18)19/h2-8H,9H2,1H3. The highest BCUT2D eigenvalue weighted by atomic mass is 35.5.